The number of hydrogen-bond acceptors (Lipinski definition) is 5. The monoisotopic (exact) mass is 384 g/mol. The van der Waals surface area contributed by atoms with Crippen molar-refractivity contribution >= 4 is 5.91 Å². The van der Waals surface area contributed by atoms with Gasteiger partial charge in [0, 0.05) is 49.2 Å². The fraction of sp³-hybridized carbons (Fsp3) is 0.727. The molecule has 5 atom stereocenters. The number of carbonyl (C=O) groups excluding carboxylic acids is 1. The molecule has 1 aromatic rings. The van der Waals surface area contributed by atoms with Crippen molar-refractivity contribution in [3.05, 3.63) is 30.1 Å². The number of aromatic nitrogens is 1. The third kappa shape index (κ3) is 2.57. The Morgan fingerprint density at radius 2 is 1.93 bits per heavy atom. The van der Waals surface area contributed by atoms with Crippen molar-refractivity contribution in [2.75, 3.05) is 6.54 Å². The van der Waals surface area contributed by atoms with E-state index in [-0.39, 0.29) is 5.91 Å². The first-order chi connectivity index (χ1) is 13.7. The van der Waals surface area contributed by atoms with Gasteiger partial charge in [-0.25, -0.2) is 0 Å². The molecule has 1 aliphatic heterocycles. The molecule has 5 unspecified atom stereocenters. The van der Waals surface area contributed by atoms with Crippen LogP contribution in [0.4, 0.5) is 0 Å². The Kier molecular flexibility index (Phi) is 3.87. The minimum absolute atomic E-state index is 0.0314. The van der Waals surface area contributed by atoms with Gasteiger partial charge in [-0.1, -0.05) is 0 Å². The van der Waals surface area contributed by atoms with E-state index in [0.29, 0.717) is 29.9 Å². The molecule has 7 rings (SSSR count). The maximum absolute atomic E-state index is 12.2. The summed E-state index contributed by atoms with van der Waals surface area (Å²) >= 11 is 0. The topological polar surface area (TPSA) is 69.7 Å². The number of nitrogens with zero attached hydrogens (tertiary/aromatic N) is 1. The van der Waals surface area contributed by atoms with Crippen molar-refractivity contribution in [3.63, 3.8) is 0 Å². The van der Waals surface area contributed by atoms with Gasteiger partial charge in [0.2, 0.25) is 11.6 Å². The Morgan fingerprint density at radius 1 is 1.11 bits per heavy atom. The smallest absolute Gasteiger partial charge is 0.251 e. The second kappa shape index (κ2) is 6.25. The first-order valence-electron chi connectivity index (χ1n) is 10.9. The Hall–Kier alpha value is -1.50. The lowest BCUT2D eigenvalue weighted by molar-refractivity contribution is -0.370. The molecule has 1 amide bonds. The fourth-order valence-corrected chi connectivity index (χ4v) is 6.79. The fourth-order valence-electron chi connectivity index (χ4n) is 6.79. The molecule has 1 aromatic heterocycles. The molecule has 4 bridgehead atoms. The summed E-state index contributed by atoms with van der Waals surface area (Å²) in [4.78, 5) is 28.2. The molecule has 1 saturated heterocycles. The van der Waals surface area contributed by atoms with Gasteiger partial charge in [-0.15, -0.1) is 0 Å². The van der Waals surface area contributed by atoms with Crippen molar-refractivity contribution in [2.45, 2.75) is 62.9 Å². The predicted molar refractivity (Wildman–Crippen MR) is 99.7 cm³/mol. The van der Waals surface area contributed by atoms with Crippen LogP contribution in [0.1, 0.15) is 61.7 Å². The summed E-state index contributed by atoms with van der Waals surface area (Å²) in [6, 6.07) is 3.48. The van der Waals surface area contributed by atoms with Crippen molar-refractivity contribution in [3.8, 4) is 0 Å². The van der Waals surface area contributed by atoms with Crippen LogP contribution < -0.4 is 5.32 Å². The quantitative estimate of drug-likeness (QED) is 0.809. The summed E-state index contributed by atoms with van der Waals surface area (Å²) in [5.41, 5.74) is 0.659. The Bertz CT molecular complexity index is 759. The number of carbonyl (C=O) groups is 1. The Balaban J connectivity index is 1.05. The maximum atomic E-state index is 12.2. The molecule has 6 nitrogen and oxygen atoms in total. The molecule has 1 N–H and O–H groups in total. The van der Waals surface area contributed by atoms with Crippen molar-refractivity contribution in [1.29, 1.82) is 0 Å². The molecule has 6 heteroatoms. The summed E-state index contributed by atoms with van der Waals surface area (Å²) in [6.45, 7) is 0.693. The highest BCUT2D eigenvalue weighted by atomic mass is 17.3. The van der Waals surface area contributed by atoms with Crippen LogP contribution in [0.5, 0.6) is 0 Å². The SMILES string of the molecule is O=C(NCC1CCC2(CC1)OOC1(O2)C2CC3CC(C2)C1C3)c1ccncc1. The maximum Gasteiger partial charge on any atom is 0.251 e. The van der Waals surface area contributed by atoms with Gasteiger partial charge in [0.1, 0.15) is 0 Å². The number of pyridine rings is 1. The van der Waals surface area contributed by atoms with Crippen molar-refractivity contribution < 1.29 is 19.3 Å². The van der Waals surface area contributed by atoms with Crippen LogP contribution in [0.3, 0.4) is 0 Å². The van der Waals surface area contributed by atoms with Gasteiger partial charge in [-0.05, 0) is 68.4 Å². The van der Waals surface area contributed by atoms with Gasteiger partial charge in [-0.3, -0.25) is 9.78 Å². The largest absolute Gasteiger partial charge is 0.352 e. The zero-order chi connectivity index (χ0) is 18.8. The van der Waals surface area contributed by atoms with Crippen LogP contribution in [0, 0.1) is 29.6 Å². The van der Waals surface area contributed by atoms with Crippen LogP contribution >= 0.6 is 0 Å². The van der Waals surface area contributed by atoms with Crippen LogP contribution in [0.25, 0.3) is 0 Å². The minimum atomic E-state index is -0.561. The summed E-state index contributed by atoms with van der Waals surface area (Å²) < 4.78 is 6.71. The van der Waals surface area contributed by atoms with E-state index in [1.807, 2.05) is 0 Å². The van der Waals surface area contributed by atoms with Crippen molar-refractivity contribution in [2.24, 2.45) is 29.6 Å². The molecule has 2 spiro atoms. The molecule has 0 radical (unpaired) electrons. The third-order valence-corrected chi connectivity index (χ3v) is 8.11. The van der Waals surface area contributed by atoms with E-state index >= 15 is 0 Å². The van der Waals surface area contributed by atoms with E-state index in [9.17, 15) is 4.79 Å². The lowest BCUT2D eigenvalue weighted by Gasteiger charge is -2.40. The van der Waals surface area contributed by atoms with Crippen LogP contribution in [-0.2, 0) is 14.5 Å². The number of rotatable bonds is 3. The molecule has 6 fully saturated rings. The van der Waals surface area contributed by atoms with Crippen LogP contribution in [-0.4, -0.2) is 29.0 Å². The first-order valence-corrected chi connectivity index (χ1v) is 10.9. The van der Waals surface area contributed by atoms with E-state index in [1.165, 1.54) is 25.7 Å². The highest BCUT2D eigenvalue weighted by Gasteiger charge is 2.70. The molecule has 2 heterocycles. The van der Waals surface area contributed by atoms with Crippen LogP contribution in [0.15, 0.2) is 24.5 Å². The average molecular weight is 384 g/mol. The highest BCUT2D eigenvalue weighted by molar-refractivity contribution is 5.93. The van der Waals surface area contributed by atoms with E-state index in [2.05, 4.69) is 10.3 Å². The molecular weight excluding hydrogens is 356 g/mol. The van der Waals surface area contributed by atoms with E-state index in [0.717, 1.165) is 37.5 Å². The highest BCUT2D eigenvalue weighted by Crippen LogP contribution is 2.67. The van der Waals surface area contributed by atoms with E-state index < -0.39 is 11.6 Å². The summed E-state index contributed by atoms with van der Waals surface area (Å²) in [5, 5.41) is 3.06. The van der Waals surface area contributed by atoms with Gasteiger partial charge in [0.25, 0.3) is 5.91 Å². The van der Waals surface area contributed by atoms with Gasteiger partial charge >= 0.3 is 0 Å². The standard InChI is InChI=1S/C22H28N2O4/c25-20(16-3-7-23-8-4-16)24-13-14-1-5-21(6-2-14)26-22(28-27-21)18-10-15-9-17(12-18)19(22)11-15/h3-4,7-8,14-15,17-19H,1-2,5-6,9-13H2,(H,24,25). The molecule has 0 aromatic carbocycles. The van der Waals surface area contributed by atoms with Gasteiger partial charge in [0.15, 0.2) is 0 Å². The Labute approximate surface area is 165 Å². The summed E-state index contributed by atoms with van der Waals surface area (Å²) in [5.74, 6) is 2.13. The molecule has 28 heavy (non-hydrogen) atoms. The number of hydrogen-bond donors (Lipinski definition) is 1. The number of amides is 1. The third-order valence-electron chi connectivity index (χ3n) is 8.11. The van der Waals surface area contributed by atoms with Gasteiger partial charge in [0.05, 0.1) is 0 Å². The van der Waals surface area contributed by atoms with Crippen molar-refractivity contribution in [1.82, 2.24) is 10.3 Å². The number of ether oxygens (including phenoxy) is 1. The zero-order valence-corrected chi connectivity index (χ0v) is 16.1. The molecular formula is C22H28N2O4. The average Bonchev–Trinajstić information content (AvgIpc) is 3.31. The molecule has 5 aliphatic carbocycles. The molecule has 150 valence electrons. The number of nitrogens with one attached hydrogen (secondary N) is 1. The second-order valence-corrected chi connectivity index (χ2v) is 9.66. The summed E-state index contributed by atoms with van der Waals surface area (Å²) in [7, 11) is 0. The minimum Gasteiger partial charge on any atom is -0.352 e. The van der Waals surface area contributed by atoms with E-state index in [1.54, 1.807) is 24.5 Å². The van der Waals surface area contributed by atoms with Gasteiger partial charge < -0.3 is 10.1 Å². The zero-order valence-electron chi connectivity index (χ0n) is 16.1. The summed E-state index contributed by atoms with van der Waals surface area (Å²) in [6.07, 6.45) is 12.1. The predicted octanol–water partition coefficient (Wildman–Crippen LogP) is 3.44. The first kappa shape index (κ1) is 17.4. The Morgan fingerprint density at radius 3 is 2.71 bits per heavy atom. The molecule has 6 aliphatic rings. The molecule has 5 saturated carbocycles. The van der Waals surface area contributed by atoms with E-state index in [4.69, 9.17) is 14.5 Å². The lowest BCUT2D eigenvalue weighted by atomic mass is 9.78. The lowest BCUT2D eigenvalue weighted by Crippen LogP contribution is -2.48. The van der Waals surface area contributed by atoms with Gasteiger partial charge in [-0.2, -0.15) is 9.78 Å². The normalized spacial score (nSPS) is 45.9. The van der Waals surface area contributed by atoms with Crippen LogP contribution in [0.2, 0.25) is 0 Å². The second-order valence-electron chi connectivity index (χ2n) is 9.66.